The van der Waals surface area contributed by atoms with E-state index in [1.54, 1.807) is 6.92 Å². The SMILES string of the molecule is CCCC(C)(NC(=O)c1n[nH]c2c1CNCC2)C(=O)OC. The predicted molar refractivity (Wildman–Crippen MR) is 76.8 cm³/mol. The third kappa shape index (κ3) is 3.07. The molecule has 0 saturated heterocycles. The molecule has 7 nitrogen and oxygen atoms in total. The first-order valence-electron chi connectivity index (χ1n) is 7.19. The van der Waals surface area contributed by atoms with Gasteiger partial charge in [-0.1, -0.05) is 13.3 Å². The van der Waals surface area contributed by atoms with Crippen molar-refractivity contribution in [3.05, 3.63) is 17.0 Å². The van der Waals surface area contributed by atoms with Crippen molar-refractivity contribution in [3.8, 4) is 0 Å². The van der Waals surface area contributed by atoms with Crippen molar-refractivity contribution in [2.24, 2.45) is 0 Å². The van der Waals surface area contributed by atoms with Gasteiger partial charge in [-0.05, 0) is 13.3 Å². The van der Waals surface area contributed by atoms with Crippen LogP contribution in [0.4, 0.5) is 0 Å². The van der Waals surface area contributed by atoms with E-state index in [0.29, 0.717) is 18.7 Å². The Labute approximate surface area is 123 Å². The molecule has 0 spiro atoms. The fourth-order valence-corrected chi connectivity index (χ4v) is 2.66. The van der Waals surface area contributed by atoms with Crippen LogP contribution in [0.3, 0.4) is 0 Å². The van der Waals surface area contributed by atoms with Crippen LogP contribution in [-0.2, 0) is 22.5 Å². The summed E-state index contributed by atoms with van der Waals surface area (Å²) in [7, 11) is 1.32. The van der Waals surface area contributed by atoms with Gasteiger partial charge in [-0.3, -0.25) is 9.89 Å². The zero-order valence-electron chi connectivity index (χ0n) is 12.7. The number of aromatic nitrogens is 2. The summed E-state index contributed by atoms with van der Waals surface area (Å²) in [4.78, 5) is 24.4. The third-order valence-corrected chi connectivity index (χ3v) is 3.80. The maximum Gasteiger partial charge on any atom is 0.331 e. The Kier molecular flexibility index (Phi) is 4.62. The van der Waals surface area contributed by atoms with Crippen molar-refractivity contribution in [2.75, 3.05) is 13.7 Å². The van der Waals surface area contributed by atoms with Crippen LogP contribution in [0, 0.1) is 0 Å². The lowest BCUT2D eigenvalue weighted by atomic mass is 9.95. The van der Waals surface area contributed by atoms with Crippen LogP contribution in [0.5, 0.6) is 0 Å². The van der Waals surface area contributed by atoms with E-state index in [4.69, 9.17) is 4.74 Å². The van der Waals surface area contributed by atoms with Gasteiger partial charge >= 0.3 is 5.97 Å². The minimum absolute atomic E-state index is 0.349. The maximum absolute atomic E-state index is 12.5. The lowest BCUT2D eigenvalue weighted by molar-refractivity contribution is -0.147. The molecule has 0 saturated carbocycles. The molecular formula is C14H22N4O3. The Morgan fingerprint density at radius 1 is 1.48 bits per heavy atom. The van der Waals surface area contributed by atoms with Crippen molar-refractivity contribution in [1.29, 1.82) is 0 Å². The second kappa shape index (κ2) is 6.26. The number of hydrogen-bond donors (Lipinski definition) is 3. The second-order valence-corrected chi connectivity index (χ2v) is 5.48. The Bertz CT molecular complexity index is 540. The summed E-state index contributed by atoms with van der Waals surface area (Å²) in [6.45, 7) is 5.11. The van der Waals surface area contributed by atoms with E-state index in [0.717, 1.165) is 30.6 Å². The molecule has 1 aliphatic rings. The largest absolute Gasteiger partial charge is 0.467 e. The summed E-state index contributed by atoms with van der Waals surface area (Å²) in [5, 5.41) is 13.0. The summed E-state index contributed by atoms with van der Waals surface area (Å²) >= 11 is 0. The summed E-state index contributed by atoms with van der Waals surface area (Å²) in [6, 6.07) is 0. The van der Waals surface area contributed by atoms with Gasteiger partial charge in [0.1, 0.15) is 5.54 Å². The van der Waals surface area contributed by atoms with Gasteiger partial charge in [0.15, 0.2) is 5.69 Å². The van der Waals surface area contributed by atoms with Crippen LogP contribution in [0.2, 0.25) is 0 Å². The molecule has 1 unspecified atom stereocenters. The Morgan fingerprint density at radius 2 is 2.24 bits per heavy atom. The van der Waals surface area contributed by atoms with Crippen molar-refractivity contribution in [1.82, 2.24) is 20.8 Å². The molecule has 2 heterocycles. The van der Waals surface area contributed by atoms with Crippen LogP contribution in [0.15, 0.2) is 0 Å². The number of carbonyl (C=O) groups is 2. The van der Waals surface area contributed by atoms with Crippen LogP contribution in [0.1, 0.15) is 48.4 Å². The van der Waals surface area contributed by atoms with E-state index in [-0.39, 0.29) is 5.91 Å². The average molecular weight is 294 g/mol. The lowest BCUT2D eigenvalue weighted by Gasteiger charge is -2.27. The Hall–Kier alpha value is -1.89. The number of H-pyrrole nitrogens is 1. The molecule has 1 aromatic heterocycles. The van der Waals surface area contributed by atoms with Gasteiger partial charge in [0.25, 0.3) is 5.91 Å². The molecule has 0 fully saturated rings. The van der Waals surface area contributed by atoms with Gasteiger partial charge < -0.3 is 15.4 Å². The summed E-state index contributed by atoms with van der Waals surface area (Å²) in [6.07, 6.45) is 2.08. The lowest BCUT2D eigenvalue weighted by Crippen LogP contribution is -2.53. The Balaban J connectivity index is 2.19. The number of fused-ring (bicyclic) bond motifs is 1. The van der Waals surface area contributed by atoms with Crippen molar-refractivity contribution < 1.29 is 14.3 Å². The molecule has 0 aromatic carbocycles. The minimum Gasteiger partial charge on any atom is -0.467 e. The molecule has 3 N–H and O–H groups in total. The number of nitrogens with zero attached hydrogens (tertiary/aromatic N) is 1. The molecule has 0 bridgehead atoms. The molecule has 21 heavy (non-hydrogen) atoms. The molecule has 0 radical (unpaired) electrons. The monoisotopic (exact) mass is 294 g/mol. The molecule has 0 aliphatic carbocycles. The highest BCUT2D eigenvalue weighted by molar-refractivity contribution is 5.97. The molecule has 2 rings (SSSR count). The topological polar surface area (TPSA) is 96.1 Å². The van der Waals surface area contributed by atoms with E-state index in [1.807, 2.05) is 6.92 Å². The number of nitrogens with one attached hydrogen (secondary N) is 3. The molecule has 116 valence electrons. The highest BCUT2D eigenvalue weighted by Gasteiger charge is 2.36. The van der Waals surface area contributed by atoms with Crippen molar-refractivity contribution in [2.45, 2.75) is 45.2 Å². The first-order chi connectivity index (χ1) is 10.0. The number of amides is 1. The smallest absolute Gasteiger partial charge is 0.331 e. The van der Waals surface area contributed by atoms with Gasteiger partial charge in [0.2, 0.25) is 0 Å². The number of ether oxygens (including phenoxy) is 1. The number of rotatable bonds is 5. The highest BCUT2D eigenvalue weighted by Crippen LogP contribution is 2.19. The maximum atomic E-state index is 12.5. The zero-order chi connectivity index (χ0) is 15.5. The van der Waals surface area contributed by atoms with Crippen molar-refractivity contribution >= 4 is 11.9 Å². The van der Waals surface area contributed by atoms with Crippen LogP contribution in [0.25, 0.3) is 0 Å². The van der Waals surface area contributed by atoms with Crippen molar-refractivity contribution in [3.63, 3.8) is 0 Å². The number of esters is 1. The van der Waals surface area contributed by atoms with Gasteiger partial charge in [-0.15, -0.1) is 0 Å². The van der Waals surface area contributed by atoms with Crippen LogP contribution in [-0.4, -0.2) is 41.3 Å². The van der Waals surface area contributed by atoms with Crippen LogP contribution < -0.4 is 10.6 Å². The van der Waals surface area contributed by atoms with E-state index in [9.17, 15) is 9.59 Å². The first kappa shape index (κ1) is 15.5. The van der Waals surface area contributed by atoms with E-state index >= 15 is 0 Å². The molecule has 7 heteroatoms. The fraction of sp³-hybridized carbons (Fsp3) is 0.643. The number of aromatic amines is 1. The predicted octanol–water partition coefficient (Wildman–Crippen LogP) is 0.517. The summed E-state index contributed by atoms with van der Waals surface area (Å²) < 4.78 is 4.80. The summed E-state index contributed by atoms with van der Waals surface area (Å²) in [5.74, 6) is -0.794. The minimum atomic E-state index is -1.03. The first-order valence-corrected chi connectivity index (χ1v) is 7.19. The average Bonchev–Trinajstić information content (AvgIpc) is 2.90. The molecule has 1 atom stereocenters. The molecule has 1 aromatic rings. The fourth-order valence-electron chi connectivity index (χ4n) is 2.66. The third-order valence-electron chi connectivity index (χ3n) is 3.80. The molecule has 1 amide bonds. The summed E-state index contributed by atoms with van der Waals surface area (Å²) in [5.41, 5.74) is 1.18. The van der Waals surface area contributed by atoms with Gasteiger partial charge in [0, 0.05) is 30.8 Å². The second-order valence-electron chi connectivity index (χ2n) is 5.48. The van der Waals surface area contributed by atoms with Gasteiger partial charge in [-0.2, -0.15) is 5.10 Å². The normalized spacial score (nSPS) is 16.7. The highest BCUT2D eigenvalue weighted by atomic mass is 16.5. The zero-order valence-corrected chi connectivity index (χ0v) is 12.7. The molecular weight excluding hydrogens is 272 g/mol. The van der Waals surface area contributed by atoms with E-state index < -0.39 is 11.5 Å². The van der Waals surface area contributed by atoms with Gasteiger partial charge in [0.05, 0.1) is 7.11 Å². The van der Waals surface area contributed by atoms with Crippen LogP contribution >= 0.6 is 0 Å². The number of carbonyl (C=O) groups excluding carboxylic acids is 2. The number of hydrogen-bond acceptors (Lipinski definition) is 5. The van der Waals surface area contributed by atoms with E-state index in [1.165, 1.54) is 7.11 Å². The number of methoxy groups -OCH3 is 1. The Morgan fingerprint density at radius 3 is 2.90 bits per heavy atom. The molecule has 1 aliphatic heterocycles. The quantitative estimate of drug-likeness (QED) is 0.688. The standard InChI is InChI=1S/C14H22N4O3/c1-4-6-14(2,13(20)21-3)16-12(19)11-9-8-15-7-5-10(9)17-18-11/h15H,4-8H2,1-3H3,(H,16,19)(H,17,18). The van der Waals surface area contributed by atoms with E-state index in [2.05, 4.69) is 20.8 Å². The van der Waals surface area contributed by atoms with Gasteiger partial charge in [-0.25, -0.2) is 4.79 Å².